The zero-order valence-corrected chi connectivity index (χ0v) is 20.9. The van der Waals surface area contributed by atoms with Crippen LogP contribution in [0.25, 0.3) is 17.1 Å². The van der Waals surface area contributed by atoms with Crippen molar-refractivity contribution in [2.45, 2.75) is 15.9 Å². The molecule has 0 spiro atoms. The van der Waals surface area contributed by atoms with Gasteiger partial charge in [0.15, 0.2) is 15.2 Å². The lowest BCUT2D eigenvalue weighted by atomic mass is 9.95. The molecule has 1 saturated heterocycles. The van der Waals surface area contributed by atoms with Gasteiger partial charge in [0.25, 0.3) is 0 Å². The minimum absolute atomic E-state index is 0.252. The molecule has 0 bridgehead atoms. The minimum atomic E-state index is -0.483. The lowest BCUT2D eigenvalue weighted by Gasteiger charge is -2.40. The van der Waals surface area contributed by atoms with Gasteiger partial charge >= 0.3 is 5.97 Å². The van der Waals surface area contributed by atoms with Gasteiger partial charge < -0.3 is 14.6 Å². The van der Waals surface area contributed by atoms with Crippen LogP contribution in [0.15, 0.2) is 38.9 Å². The van der Waals surface area contributed by atoms with Gasteiger partial charge in [0, 0.05) is 48.7 Å². The van der Waals surface area contributed by atoms with Crippen molar-refractivity contribution in [2.24, 2.45) is 5.92 Å². The first-order valence-corrected chi connectivity index (χ1v) is 12.6. The Hall–Kier alpha value is -2.73. The van der Waals surface area contributed by atoms with Gasteiger partial charge in [-0.05, 0) is 23.9 Å². The Morgan fingerprint density at radius 3 is 2.85 bits per heavy atom. The van der Waals surface area contributed by atoms with Crippen molar-refractivity contribution in [2.75, 3.05) is 25.1 Å². The maximum Gasteiger partial charge on any atom is 0.357 e. The van der Waals surface area contributed by atoms with Gasteiger partial charge in [-0.15, -0.1) is 11.3 Å². The number of aromatic amines is 1. The van der Waals surface area contributed by atoms with Gasteiger partial charge in [-0.3, -0.25) is 0 Å². The molecular weight excluding hydrogens is 517 g/mol. The standard InChI is InChI=1S/C21H17Cl2N7O2S2/c1-32-19(31)13-10-33-21(27-13)34-20-28-17-15(16(23)12(26-17)3-4-22)18(29-20)30-8-11(9-30)7-14-24-5-2-6-25-14/h2-6,10-11H,7-9H2,1H3,(H,26,28,29)/b4-3+. The lowest BCUT2D eigenvalue weighted by Crippen LogP contribution is -2.48. The number of nitrogens with zero attached hydrogens (tertiary/aromatic N) is 6. The summed E-state index contributed by atoms with van der Waals surface area (Å²) in [6, 6.07) is 1.81. The molecule has 0 unspecified atom stereocenters. The van der Waals surface area contributed by atoms with Gasteiger partial charge in [-0.2, -0.15) is 0 Å². The number of hydrogen-bond acceptors (Lipinski definition) is 10. The first-order valence-electron chi connectivity index (χ1n) is 10.1. The Bertz CT molecular complexity index is 1370. The number of carbonyl (C=O) groups is 1. The normalized spacial score (nSPS) is 14.1. The number of nitrogens with one attached hydrogen (secondary N) is 1. The molecule has 0 radical (unpaired) electrons. The Morgan fingerprint density at radius 1 is 1.32 bits per heavy atom. The lowest BCUT2D eigenvalue weighted by molar-refractivity contribution is 0.0594. The molecule has 0 amide bonds. The molecule has 5 rings (SSSR count). The average molecular weight is 534 g/mol. The van der Waals surface area contributed by atoms with Gasteiger partial charge in [0.1, 0.15) is 17.3 Å². The van der Waals surface area contributed by atoms with Crippen LogP contribution in [-0.2, 0) is 11.2 Å². The van der Waals surface area contributed by atoms with E-state index in [0.717, 1.165) is 36.5 Å². The zero-order chi connectivity index (χ0) is 23.7. The van der Waals surface area contributed by atoms with Crippen LogP contribution in [0, 0.1) is 5.92 Å². The van der Waals surface area contributed by atoms with Crippen LogP contribution in [0.2, 0.25) is 5.02 Å². The Kier molecular flexibility index (Phi) is 6.68. The zero-order valence-electron chi connectivity index (χ0n) is 17.7. The Labute approximate surface area is 212 Å². The second-order valence-electron chi connectivity index (χ2n) is 7.43. The number of esters is 1. The fourth-order valence-electron chi connectivity index (χ4n) is 3.64. The summed E-state index contributed by atoms with van der Waals surface area (Å²) in [7, 11) is 1.32. The van der Waals surface area contributed by atoms with Crippen molar-refractivity contribution >= 4 is 75.2 Å². The second-order valence-corrected chi connectivity index (χ2v) is 10.1. The van der Waals surface area contributed by atoms with Crippen LogP contribution in [-0.4, -0.2) is 56.1 Å². The van der Waals surface area contributed by atoms with Crippen molar-refractivity contribution in [1.82, 2.24) is 29.9 Å². The van der Waals surface area contributed by atoms with Crippen LogP contribution in [0.4, 0.5) is 5.82 Å². The summed E-state index contributed by atoms with van der Waals surface area (Å²) in [6.45, 7) is 1.58. The number of fused-ring (bicyclic) bond motifs is 1. The molecule has 4 aromatic heterocycles. The molecule has 34 heavy (non-hydrogen) atoms. The fraction of sp³-hybridized carbons (Fsp3) is 0.238. The van der Waals surface area contributed by atoms with E-state index in [9.17, 15) is 4.79 Å². The fourth-order valence-corrected chi connectivity index (χ4v) is 5.69. The van der Waals surface area contributed by atoms with Crippen molar-refractivity contribution < 1.29 is 9.53 Å². The summed E-state index contributed by atoms with van der Waals surface area (Å²) >= 11 is 15.0. The van der Waals surface area contributed by atoms with E-state index < -0.39 is 5.97 Å². The molecule has 9 nitrogen and oxygen atoms in total. The maximum atomic E-state index is 11.7. The van der Waals surface area contributed by atoms with Crippen LogP contribution in [0.3, 0.4) is 0 Å². The first-order chi connectivity index (χ1) is 16.6. The molecule has 0 aromatic carbocycles. The monoisotopic (exact) mass is 533 g/mol. The van der Waals surface area contributed by atoms with E-state index in [1.165, 1.54) is 35.7 Å². The Balaban J connectivity index is 1.44. The highest BCUT2D eigenvalue weighted by atomic mass is 35.5. The number of H-pyrrole nitrogens is 1. The molecule has 5 heterocycles. The number of ether oxygens (including phenoxy) is 1. The molecule has 0 saturated carbocycles. The number of aromatic nitrogens is 6. The van der Waals surface area contributed by atoms with Crippen LogP contribution in [0.1, 0.15) is 22.0 Å². The van der Waals surface area contributed by atoms with Crippen LogP contribution in [0.5, 0.6) is 0 Å². The number of halogens is 2. The van der Waals surface area contributed by atoms with E-state index in [-0.39, 0.29) is 5.69 Å². The van der Waals surface area contributed by atoms with Crippen molar-refractivity contribution in [1.29, 1.82) is 0 Å². The smallest absolute Gasteiger partial charge is 0.357 e. The largest absolute Gasteiger partial charge is 0.464 e. The predicted octanol–water partition coefficient (Wildman–Crippen LogP) is 4.68. The molecule has 174 valence electrons. The van der Waals surface area contributed by atoms with Crippen LogP contribution < -0.4 is 4.90 Å². The number of anilines is 1. The maximum absolute atomic E-state index is 11.7. The topological polar surface area (TPSA) is 110 Å². The highest BCUT2D eigenvalue weighted by molar-refractivity contribution is 8.00. The van der Waals surface area contributed by atoms with Crippen molar-refractivity contribution in [3.8, 4) is 0 Å². The summed E-state index contributed by atoms with van der Waals surface area (Å²) in [5, 5.41) is 3.38. The second kappa shape index (κ2) is 9.87. The number of carbonyl (C=O) groups excluding carboxylic acids is 1. The molecule has 0 aliphatic carbocycles. The molecule has 4 aromatic rings. The average Bonchev–Trinajstić information content (AvgIpc) is 3.40. The van der Waals surface area contributed by atoms with E-state index in [0.29, 0.717) is 31.8 Å². The molecule has 0 atom stereocenters. The molecule has 1 N–H and O–H groups in total. The molecule has 13 heteroatoms. The first kappa shape index (κ1) is 23.0. The van der Waals surface area contributed by atoms with Crippen molar-refractivity contribution in [3.63, 3.8) is 0 Å². The van der Waals surface area contributed by atoms with E-state index in [4.69, 9.17) is 32.9 Å². The molecular formula is C21H17Cl2N7O2S2. The van der Waals surface area contributed by atoms with Gasteiger partial charge in [-0.1, -0.05) is 23.2 Å². The van der Waals surface area contributed by atoms with Gasteiger partial charge in [0.05, 0.1) is 23.2 Å². The number of thiazole rings is 1. The minimum Gasteiger partial charge on any atom is -0.464 e. The third kappa shape index (κ3) is 4.61. The summed E-state index contributed by atoms with van der Waals surface area (Å²) < 4.78 is 5.37. The van der Waals surface area contributed by atoms with Gasteiger partial charge in [0.2, 0.25) is 0 Å². The predicted molar refractivity (Wildman–Crippen MR) is 133 cm³/mol. The van der Waals surface area contributed by atoms with Crippen LogP contribution >= 0.6 is 46.3 Å². The highest BCUT2D eigenvalue weighted by Crippen LogP contribution is 2.39. The van der Waals surface area contributed by atoms with E-state index >= 15 is 0 Å². The Morgan fingerprint density at radius 2 is 2.12 bits per heavy atom. The van der Waals surface area contributed by atoms with E-state index in [1.54, 1.807) is 23.8 Å². The summed E-state index contributed by atoms with van der Waals surface area (Å²) in [5.41, 5.74) is 2.90. The summed E-state index contributed by atoms with van der Waals surface area (Å²) in [6.07, 6.45) is 5.98. The third-order valence-electron chi connectivity index (χ3n) is 5.21. The van der Waals surface area contributed by atoms with E-state index in [2.05, 4.69) is 29.8 Å². The molecule has 1 fully saturated rings. The number of methoxy groups -OCH3 is 1. The molecule has 1 aliphatic rings. The quantitative estimate of drug-likeness (QED) is 0.267. The highest BCUT2D eigenvalue weighted by Gasteiger charge is 2.32. The third-order valence-corrected chi connectivity index (χ3v) is 7.53. The summed E-state index contributed by atoms with van der Waals surface area (Å²) in [5.74, 6) is 1.49. The number of hydrogen-bond donors (Lipinski definition) is 1. The SMILES string of the molecule is COC(=O)c1csc(Sc2nc(N3CC(Cc4ncccn4)C3)c3c(Cl)c(/C=C/Cl)[nH]c3n2)n1. The van der Waals surface area contributed by atoms with Gasteiger partial charge in [-0.25, -0.2) is 29.7 Å². The summed E-state index contributed by atoms with van der Waals surface area (Å²) in [4.78, 5) is 39.5. The molecule has 1 aliphatic heterocycles. The van der Waals surface area contributed by atoms with E-state index in [1.807, 2.05) is 6.07 Å². The number of rotatable bonds is 7. The van der Waals surface area contributed by atoms with Crippen molar-refractivity contribution in [3.05, 3.63) is 51.6 Å².